The molecule has 5 nitrogen and oxygen atoms in total. The second kappa shape index (κ2) is 15.5. The van der Waals surface area contributed by atoms with Gasteiger partial charge in [0.2, 0.25) is 0 Å². The number of aromatic nitrogens is 4. The highest BCUT2D eigenvalue weighted by atomic mass is 16.5. The summed E-state index contributed by atoms with van der Waals surface area (Å²) in [5.41, 5.74) is 11.1. The monoisotopic (exact) mass is 734 g/mol. The lowest BCUT2D eigenvalue weighted by molar-refractivity contribution is 0.232. The van der Waals surface area contributed by atoms with Crippen LogP contribution in [0.2, 0.25) is 0 Å². The van der Waals surface area contributed by atoms with E-state index in [4.69, 9.17) is 14.8 Å². The van der Waals surface area contributed by atoms with Crippen LogP contribution < -0.4 is 4.74 Å². The molecular formula is C50H62N4O. The normalized spacial score (nSPS) is 17.8. The summed E-state index contributed by atoms with van der Waals surface area (Å²) >= 11 is 0. The van der Waals surface area contributed by atoms with E-state index in [-0.39, 0.29) is 0 Å². The molecule has 5 heteroatoms. The van der Waals surface area contributed by atoms with Gasteiger partial charge in [-0.25, -0.2) is 9.67 Å². The summed E-state index contributed by atoms with van der Waals surface area (Å²) in [5, 5.41) is 7.69. The molecule has 6 aromatic rings. The highest BCUT2D eigenvalue weighted by Gasteiger charge is 2.39. The zero-order valence-electron chi connectivity index (χ0n) is 35.3. The Hall–Kier alpha value is -4.64. The zero-order valence-corrected chi connectivity index (χ0v) is 35.3. The van der Waals surface area contributed by atoms with E-state index in [0.29, 0.717) is 47.3 Å². The Bertz CT molecular complexity index is 2350. The zero-order chi connectivity index (χ0) is 39.3. The van der Waals surface area contributed by atoms with Crippen LogP contribution in [-0.4, -0.2) is 19.3 Å². The first-order chi connectivity index (χ1) is 26.2. The van der Waals surface area contributed by atoms with E-state index in [1.165, 1.54) is 39.6 Å². The third kappa shape index (κ3) is 7.52. The Morgan fingerprint density at radius 3 is 2.18 bits per heavy atom. The number of aryl methyl sites for hydroxylation is 1. The topological polar surface area (TPSA) is 44.9 Å². The minimum atomic E-state index is 0.319. The number of hydrogen-bond donors (Lipinski definition) is 0. The molecule has 1 unspecified atom stereocenters. The molecule has 0 saturated carbocycles. The van der Waals surface area contributed by atoms with Gasteiger partial charge in [0.15, 0.2) is 0 Å². The van der Waals surface area contributed by atoms with E-state index in [9.17, 15) is 0 Å². The number of pyridine rings is 1. The summed E-state index contributed by atoms with van der Waals surface area (Å²) in [6, 6.07) is 26.1. The van der Waals surface area contributed by atoms with Crippen molar-refractivity contribution in [1.29, 1.82) is 0 Å². The SMILES string of the molecule is Cc1nn(-c2cc(Oc3ccc4c5ccccc5n(-c5cc(CC(C)C)ccn5)c4c3)cc(C(C)C)c2)c(C)c1[C@H]1C(C(C)C)=C[C@H](C(C)C)CC1C(C)C. The Labute approximate surface area is 329 Å². The summed E-state index contributed by atoms with van der Waals surface area (Å²) in [7, 11) is 0. The maximum atomic E-state index is 6.84. The Kier molecular flexibility index (Phi) is 10.9. The van der Waals surface area contributed by atoms with Gasteiger partial charge >= 0.3 is 0 Å². The summed E-state index contributed by atoms with van der Waals surface area (Å²) < 4.78 is 11.3. The first-order valence-electron chi connectivity index (χ1n) is 20.8. The Morgan fingerprint density at radius 1 is 0.745 bits per heavy atom. The van der Waals surface area contributed by atoms with Gasteiger partial charge in [0.05, 0.1) is 22.4 Å². The number of hydrogen-bond acceptors (Lipinski definition) is 3. The van der Waals surface area contributed by atoms with E-state index in [2.05, 4.69) is 171 Å². The quantitative estimate of drug-likeness (QED) is 0.125. The molecule has 288 valence electrons. The van der Waals surface area contributed by atoms with Crippen LogP contribution in [0.15, 0.2) is 90.6 Å². The molecule has 0 radical (unpaired) electrons. The third-order valence-electron chi connectivity index (χ3n) is 12.2. The number of rotatable bonds is 11. The van der Waals surface area contributed by atoms with Crippen LogP contribution in [0.4, 0.5) is 0 Å². The van der Waals surface area contributed by atoms with Crippen molar-refractivity contribution in [2.75, 3.05) is 0 Å². The average Bonchev–Trinajstić information content (AvgIpc) is 3.62. The van der Waals surface area contributed by atoms with Crippen molar-refractivity contribution in [3.05, 3.63) is 119 Å². The fraction of sp³-hybridized carbons (Fsp3) is 0.440. The van der Waals surface area contributed by atoms with Gasteiger partial charge in [-0.3, -0.25) is 4.57 Å². The summed E-state index contributed by atoms with van der Waals surface area (Å²) in [6.07, 6.45) is 6.81. The fourth-order valence-electron chi connectivity index (χ4n) is 9.22. The predicted octanol–water partition coefficient (Wildman–Crippen LogP) is 13.7. The molecule has 0 spiro atoms. The molecule has 0 aliphatic heterocycles. The van der Waals surface area contributed by atoms with Crippen molar-refractivity contribution >= 4 is 21.8 Å². The third-order valence-corrected chi connectivity index (χ3v) is 12.2. The van der Waals surface area contributed by atoms with Crippen molar-refractivity contribution < 1.29 is 4.74 Å². The molecule has 0 N–H and O–H groups in total. The fourth-order valence-corrected chi connectivity index (χ4v) is 9.22. The molecule has 3 aromatic heterocycles. The van der Waals surface area contributed by atoms with Gasteiger partial charge < -0.3 is 4.74 Å². The first kappa shape index (κ1) is 38.6. The summed E-state index contributed by atoms with van der Waals surface area (Å²) in [5.74, 6) is 6.68. The lowest BCUT2D eigenvalue weighted by Gasteiger charge is -2.41. The van der Waals surface area contributed by atoms with Gasteiger partial charge in [0.1, 0.15) is 17.3 Å². The first-order valence-corrected chi connectivity index (χ1v) is 20.8. The highest BCUT2D eigenvalue weighted by molar-refractivity contribution is 6.09. The van der Waals surface area contributed by atoms with Crippen LogP contribution in [0, 0.1) is 49.4 Å². The van der Waals surface area contributed by atoms with Gasteiger partial charge in [-0.05, 0) is 122 Å². The summed E-state index contributed by atoms with van der Waals surface area (Å²) in [6.45, 7) is 27.9. The van der Waals surface area contributed by atoms with E-state index >= 15 is 0 Å². The smallest absolute Gasteiger partial charge is 0.137 e. The van der Waals surface area contributed by atoms with Crippen LogP contribution >= 0.6 is 0 Å². The Morgan fingerprint density at radius 2 is 1.49 bits per heavy atom. The number of nitrogens with zero attached hydrogens (tertiary/aromatic N) is 4. The number of allylic oxidation sites excluding steroid dienone is 2. The second-order valence-corrected chi connectivity index (χ2v) is 18.0. The molecule has 1 aliphatic rings. The van der Waals surface area contributed by atoms with E-state index in [0.717, 1.165) is 46.2 Å². The van der Waals surface area contributed by atoms with Crippen molar-refractivity contribution in [3.8, 4) is 23.0 Å². The predicted molar refractivity (Wildman–Crippen MR) is 231 cm³/mol. The molecule has 3 heterocycles. The van der Waals surface area contributed by atoms with Crippen LogP contribution in [0.5, 0.6) is 11.5 Å². The summed E-state index contributed by atoms with van der Waals surface area (Å²) in [4.78, 5) is 4.88. The van der Waals surface area contributed by atoms with Gasteiger partial charge in [0, 0.05) is 46.3 Å². The number of para-hydroxylation sites is 1. The standard InChI is InChI=1S/C50H62N4O/c1-29(2)21-36-19-20-51-48(22-36)53-46-16-14-13-15-42(46)43-18-17-40(28-47(43)53)55-41-24-37(30(3)4)23-39(27-41)54-35(12)49(34(11)52-54)50-44(32(7)8)25-38(31(5)6)26-45(50)33(9)10/h13-20,22-25,27-33,38,45,50H,21,26H2,1-12H3/t38-,45?,50-/m0/s1. The van der Waals surface area contributed by atoms with E-state index in [1.807, 2.05) is 6.20 Å². The van der Waals surface area contributed by atoms with Gasteiger partial charge in [-0.1, -0.05) is 99.1 Å². The van der Waals surface area contributed by atoms with Gasteiger partial charge in [-0.15, -0.1) is 0 Å². The van der Waals surface area contributed by atoms with Crippen LogP contribution in [0.1, 0.15) is 116 Å². The minimum absolute atomic E-state index is 0.319. The molecule has 7 rings (SSSR count). The molecule has 1 aliphatic carbocycles. The lowest BCUT2D eigenvalue weighted by atomic mass is 9.63. The molecule has 55 heavy (non-hydrogen) atoms. The molecule has 0 amide bonds. The number of fused-ring (bicyclic) bond motifs is 3. The highest BCUT2D eigenvalue weighted by Crippen LogP contribution is 2.50. The van der Waals surface area contributed by atoms with Crippen LogP contribution in [0.25, 0.3) is 33.3 Å². The van der Waals surface area contributed by atoms with E-state index in [1.54, 1.807) is 5.57 Å². The van der Waals surface area contributed by atoms with Crippen molar-refractivity contribution in [2.24, 2.45) is 35.5 Å². The minimum Gasteiger partial charge on any atom is -0.457 e. The number of benzene rings is 3. The van der Waals surface area contributed by atoms with E-state index < -0.39 is 0 Å². The maximum absolute atomic E-state index is 6.84. The molecule has 3 aromatic carbocycles. The maximum Gasteiger partial charge on any atom is 0.137 e. The number of ether oxygens (including phenoxy) is 1. The van der Waals surface area contributed by atoms with Crippen LogP contribution in [-0.2, 0) is 6.42 Å². The largest absolute Gasteiger partial charge is 0.457 e. The second-order valence-electron chi connectivity index (χ2n) is 18.0. The van der Waals surface area contributed by atoms with Gasteiger partial charge in [0.25, 0.3) is 0 Å². The molecule has 0 fully saturated rings. The van der Waals surface area contributed by atoms with Crippen molar-refractivity contribution in [2.45, 2.75) is 108 Å². The lowest BCUT2D eigenvalue weighted by Crippen LogP contribution is -2.31. The molecule has 0 saturated heterocycles. The average molecular weight is 735 g/mol. The van der Waals surface area contributed by atoms with Crippen molar-refractivity contribution in [1.82, 2.24) is 19.3 Å². The van der Waals surface area contributed by atoms with Gasteiger partial charge in [-0.2, -0.15) is 5.10 Å². The van der Waals surface area contributed by atoms with Crippen LogP contribution in [0.3, 0.4) is 0 Å². The Balaban J connectivity index is 1.31. The molecule has 0 bridgehead atoms. The molecular weight excluding hydrogens is 673 g/mol. The molecule has 3 atom stereocenters. The van der Waals surface area contributed by atoms with Crippen molar-refractivity contribution in [3.63, 3.8) is 0 Å².